The molecule has 0 aromatic rings. The van der Waals surface area contributed by atoms with E-state index in [9.17, 15) is 9.90 Å². The molecule has 0 bridgehead atoms. The normalized spacial score (nSPS) is 30.8. The van der Waals surface area contributed by atoms with Crippen LogP contribution in [0, 0.1) is 5.92 Å². The Balaban J connectivity index is 1.72. The van der Waals surface area contributed by atoms with E-state index < -0.39 is 0 Å². The zero-order valence-electron chi connectivity index (χ0n) is 10.7. The number of nitrogens with zero attached hydrogens (tertiary/aromatic N) is 1. The molecule has 2 fully saturated rings. The lowest BCUT2D eigenvalue weighted by Crippen LogP contribution is -2.49. The van der Waals surface area contributed by atoms with Crippen LogP contribution in [-0.2, 0) is 4.79 Å². The minimum atomic E-state index is -0.348. The van der Waals surface area contributed by atoms with Crippen molar-refractivity contribution < 1.29 is 9.90 Å². The maximum atomic E-state index is 12.0. The molecule has 4 nitrogen and oxygen atoms in total. The molecule has 1 heterocycles. The number of rotatable bonds is 3. The van der Waals surface area contributed by atoms with E-state index in [0.29, 0.717) is 25.0 Å². The third-order valence-electron chi connectivity index (χ3n) is 4.17. The molecule has 2 aliphatic rings. The molecular weight excluding hydrogens is 216 g/mol. The largest absolute Gasteiger partial charge is 0.391 e. The van der Waals surface area contributed by atoms with E-state index in [0.717, 1.165) is 13.0 Å². The lowest BCUT2D eigenvalue weighted by Gasteiger charge is -2.34. The van der Waals surface area contributed by atoms with Gasteiger partial charge in [0.15, 0.2) is 0 Å². The van der Waals surface area contributed by atoms with Crippen LogP contribution in [0.2, 0.25) is 0 Å². The standard InChI is InChI=1S/C13H24N2O2/c1-10-6-7-15(9-12(10)16)13(17)8-14-11-4-2-3-5-11/h10-12,14,16H,2-9H2,1H3. The van der Waals surface area contributed by atoms with Crippen LogP contribution in [-0.4, -0.2) is 47.7 Å². The second-order valence-electron chi connectivity index (χ2n) is 5.54. The van der Waals surface area contributed by atoms with Gasteiger partial charge in [-0.1, -0.05) is 19.8 Å². The number of aliphatic hydroxyl groups excluding tert-OH is 1. The first kappa shape index (κ1) is 12.8. The van der Waals surface area contributed by atoms with Crippen LogP contribution in [0.25, 0.3) is 0 Å². The molecule has 2 atom stereocenters. The molecule has 2 N–H and O–H groups in total. The summed E-state index contributed by atoms with van der Waals surface area (Å²) in [5.41, 5.74) is 0. The highest BCUT2D eigenvalue weighted by molar-refractivity contribution is 5.78. The highest BCUT2D eigenvalue weighted by Gasteiger charge is 2.27. The molecular formula is C13H24N2O2. The fourth-order valence-corrected chi connectivity index (χ4v) is 2.75. The van der Waals surface area contributed by atoms with Crippen molar-refractivity contribution in [3.8, 4) is 0 Å². The van der Waals surface area contributed by atoms with Crippen molar-refractivity contribution in [1.82, 2.24) is 10.2 Å². The zero-order chi connectivity index (χ0) is 12.3. The van der Waals surface area contributed by atoms with Crippen molar-refractivity contribution >= 4 is 5.91 Å². The number of carbonyl (C=O) groups excluding carboxylic acids is 1. The maximum Gasteiger partial charge on any atom is 0.236 e. The molecule has 0 spiro atoms. The Kier molecular flexibility index (Phi) is 4.40. The van der Waals surface area contributed by atoms with Crippen LogP contribution in [0.5, 0.6) is 0 Å². The second-order valence-corrected chi connectivity index (χ2v) is 5.54. The molecule has 17 heavy (non-hydrogen) atoms. The zero-order valence-corrected chi connectivity index (χ0v) is 10.7. The van der Waals surface area contributed by atoms with Crippen LogP contribution in [0.4, 0.5) is 0 Å². The quantitative estimate of drug-likeness (QED) is 0.765. The third kappa shape index (κ3) is 3.42. The molecule has 1 amide bonds. The number of hydrogen-bond donors (Lipinski definition) is 2. The van der Waals surface area contributed by atoms with E-state index >= 15 is 0 Å². The summed E-state index contributed by atoms with van der Waals surface area (Å²) in [5, 5.41) is 13.1. The highest BCUT2D eigenvalue weighted by atomic mass is 16.3. The van der Waals surface area contributed by atoms with Crippen molar-refractivity contribution in [3.63, 3.8) is 0 Å². The summed E-state index contributed by atoms with van der Waals surface area (Å²) in [7, 11) is 0. The Labute approximate surface area is 103 Å². The van der Waals surface area contributed by atoms with E-state index in [2.05, 4.69) is 5.32 Å². The van der Waals surface area contributed by atoms with Crippen LogP contribution in [0.15, 0.2) is 0 Å². The first-order valence-electron chi connectivity index (χ1n) is 6.86. The number of carbonyl (C=O) groups is 1. The molecule has 98 valence electrons. The number of aliphatic hydroxyl groups is 1. The van der Waals surface area contributed by atoms with Gasteiger partial charge in [-0.3, -0.25) is 4.79 Å². The lowest BCUT2D eigenvalue weighted by atomic mass is 9.96. The van der Waals surface area contributed by atoms with Gasteiger partial charge in [0.2, 0.25) is 5.91 Å². The number of hydrogen-bond acceptors (Lipinski definition) is 3. The third-order valence-corrected chi connectivity index (χ3v) is 4.17. The Morgan fingerprint density at radius 3 is 2.71 bits per heavy atom. The van der Waals surface area contributed by atoms with Crippen molar-refractivity contribution in [2.75, 3.05) is 19.6 Å². The van der Waals surface area contributed by atoms with Gasteiger partial charge in [-0.25, -0.2) is 0 Å². The fourth-order valence-electron chi connectivity index (χ4n) is 2.75. The van der Waals surface area contributed by atoms with E-state index in [1.54, 1.807) is 4.90 Å². The number of likely N-dealkylation sites (tertiary alicyclic amines) is 1. The molecule has 0 aromatic heterocycles. The summed E-state index contributed by atoms with van der Waals surface area (Å²) < 4.78 is 0. The topological polar surface area (TPSA) is 52.6 Å². The van der Waals surface area contributed by atoms with E-state index in [4.69, 9.17) is 0 Å². The van der Waals surface area contributed by atoms with E-state index in [-0.39, 0.29) is 12.0 Å². The van der Waals surface area contributed by atoms with Gasteiger partial charge in [-0.15, -0.1) is 0 Å². The summed E-state index contributed by atoms with van der Waals surface area (Å²) >= 11 is 0. The van der Waals surface area contributed by atoms with Gasteiger partial charge in [-0.05, 0) is 25.2 Å². The first-order valence-corrected chi connectivity index (χ1v) is 6.86. The van der Waals surface area contributed by atoms with Crippen molar-refractivity contribution in [1.29, 1.82) is 0 Å². The van der Waals surface area contributed by atoms with Gasteiger partial charge in [-0.2, -0.15) is 0 Å². The predicted molar refractivity (Wildman–Crippen MR) is 66.6 cm³/mol. The van der Waals surface area contributed by atoms with Crippen LogP contribution in [0.1, 0.15) is 39.0 Å². The summed E-state index contributed by atoms with van der Waals surface area (Å²) in [6.07, 6.45) is 5.53. The maximum absolute atomic E-state index is 12.0. The van der Waals surface area contributed by atoms with Gasteiger partial charge < -0.3 is 15.3 Å². The lowest BCUT2D eigenvalue weighted by molar-refractivity contribution is -0.134. The fraction of sp³-hybridized carbons (Fsp3) is 0.923. The smallest absolute Gasteiger partial charge is 0.236 e. The summed E-state index contributed by atoms with van der Waals surface area (Å²) in [6.45, 7) is 3.78. The Morgan fingerprint density at radius 1 is 1.35 bits per heavy atom. The average molecular weight is 240 g/mol. The van der Waals surface area contributed by atoms with E-state index in [1.165, 1.54) is 25.7 Å². The molecule has 0 radical (unpaired) electrons. The molecule has 1 aliphatic carbocycles. The molecule has 0 aromatic carbocycles. The van der Waals surface area contributed by atoms with Gasteiger partial charge in [0.05, 0.1) is 12.6 Å². The minimum Gasteiger partial charge on any atom is -0.391 e. The highest BCUT2D eigenvalue weighted by Crippen LogP contribution is 2.18. The Hall–Kier alpha value is -0.610. The predicted octanol–water partition coefficient (Wildman–Crippen LogP) is 0.748. The monoisotopic (exact) mass is 240 g/mol. The molecule has 1 aliphatic heterocycles. The van der Waals surface area contributed by atoms with Crippen LogP contribution >= 0.6 is 0 Å². The second kappa shape index (κ2) is 5.83. The Bertz CT molecular complexity index is 264. The Morgan fingerprint density at radius 2 is 2.06 bits per heavy atom. The number of piperidine rings is 1. The molecule has 1 saturated carbocycles. The van der Waals surface area contributed by atoms with Crippen molar-refractivity contribution in [2.45, 2.75) is 51.2 Å². The molecule has 1 saturated heterocycles. The summed E-state index contributed by atoms with van der Waals surface area (Å²) in [5.74, 6) is 0.463. The number of nitrogens with one attached hydrogen (secondary N) is 1. The van der Waals surface area contributed by atoms with E-state index in [1.807, 2.05) is 6.92 Å². The van der Waals surface area contributed by atoms with Crippen molar-refractivity contribution in [3.05, 3.63) is 0 Å². The summed E-state index contributed by atoms with van der Waals surface area (Å²) in [4.78, 5) is 13.8. The number of β-amino-alcohol motifs (C(OH)–C–C–N with tert-alkyl or cyclic N) is 1. The van der Waals surface area contributed by atoms with Gasteiger partial charge in [0.1, 0.15) is 0 Å². The molecule has 2 rings (SSSR count). The van der Waals surface area contributed by atoms with Crippen LogP contribution < -0.4 is 5.32 Å². The van der Waals surface area contributed by atoms with Gasteiger partial charge in [0.25, 0.3) is 0 Å². The SMILES string of the molecule is CC1CCN(C(=O)CNC2CCCC2)CC1O. The average Bonchev–Trinajstić information content (AvgIpc) is 2.82. The van der Waals surface area contributed by atoms with Crippen LogP contribution in [0.3, 0.4) is 0 Å². The van der Waals surface area contributed by atoms with Gasteiger partial charge in [0, 0.05) is 19.1 Å². The molecule has 4 heteroatoms. The first-order chi connectivity index (χ1) is 8.16. The molecule has 2 unspecified atom stereocenters. The minimum absolute atomic E-state index is 0.142. The van der Waals surface area contributed by atoms with Gasteiger partial charge >= 0.3 is 0 Å². The number of amides is 1. The summed E-state index contributed by atoms with van der Waals surface area (Å²) in [6, 6.07) is 0.535. The van der Waals surface area contributed by atoms with Crippen molar-refractivity contribution in [2.24, 2.45) is 5.92 Å².